The minimum Gasteiger partial charge on any atom is -0.402 e. The molecule has 2 rings (SSSR count). The monoisotopic (exact) mass is 297 g/mol. The molecule has 0 spiro atoms. The zero-order valence-corrected chi connectivity index (χ0v) is 13.8. The Kier molecular flexibility index (Phi) is 5.31. The Morgan fingerprint density at radius 3 is 1.95 bits per heavy atom. The van der Waals surface area contributed by atoms with E-state index in [-0.39, 0.29) is 36.7 Å². The summed E-state index contributed by atoms with van der Waals surface area (Å²) in [5.41, 5.74) is 8.08. The van der Waals surface area contributed by atoms with Gasteiger partial charge in [-0.05, 0) is 46.6 Å². The van der Waals surface area contributed by atoms with Gasteiger partial charge >= 0.3 is 7.12 Å². The van der Waals surface area contributed by atoms with Gasteiger partial charge in [-0.3, -0.25) is 0 Å². The van der Waals surface area contributed by atoms with E-state index in [9.17, 15) is 0 Å². The van der Waals surface area contributed by atoms with Crippen LogP contribution >= 0.6 is 12.4 Å². The van der Waals surface area contributed by atoms with Crippen molar-refractivity contribution in [2.24, 2.45) is 5.73 Å². The van der Waals surface area contributed by atoms with E-state index in [1.807, 2.05) is 27.7 Å². The van der Waals surface area contributed by atoms with Crippen molar-refractivity contribution in [2.75, 3.05) is 0 Å². The van der Waals surface area contributed by atoms with Crippen molar-refractivity contribution in [1.82, 2.24) is 0 Å². The predicted octanol–water partition coefficient (Wildman–Crippen LogP) is 2.92. The molecule has 0 bridgehead atoms. The second kappa shape index (κ2) is 6.06. The van der Waals surface area contributed by atoms with E-state index < -0.39 is 0 Å². The molecule has 0 aromatic heterocycles. The average molecular weight is 298 g/mol. The Bertz CT molecular complexity index is 432. The second-order valence-electron chi connectivity index (χ2n) is 6.48. The van der Waals surface area contributed by atoms with Gasteiger partial charge in [-0.15, -0.1) is 12.4 Å². The van der Waals surface area contributed by atoms with Crippen LogP contribution in [-0.4, -0.2) is 24.3 Å². The van der Waals surface area contributed by atoms with E-state index in [0.29, 0.717) is 0 Å². The van der Waals surface area contributed by atoms with Gasteiger partial charge in [0.2, 0.25) is 0 Å². The number of rotatable bonds is 3. The molecule has 1 heterocycles. The van der Waals surface area contributed by atoms with E-state index in [4.69, 9.17) is 15.0 Å². The molecule has 1 atom stereocenters. The zero-order valence-electron chi connectivity index (χ0n) is 13.0. The average Bonchev–Trinajstić information content (AvgIpc) is 2.51. The van der Waals surface area contributed by atoms with Crippen LogP contribution in [0.15, 0.2) is 24.3 Å². The first kappa shape index (κ1) is 17.5. The van der Waals surface area contributed by atoms with Gasteiger partial charge in [-0.2, -0.15) is 0 Å². The SMILES string of the molecule is Cc1ccc(CC(N)B2OC(C)(C)C(C)(C)O2)cc1.Cl. The number of nitrogens with two attached hydrogens (primary N) is 1. The minimum atomic E-state index is -0.341. The lowest BCUT2D eigenvalue weighted by Crippen LogP contribution is -2.43. The highest BCUT2D eigenvalue weighted by Crippen LogP contribution is 2.37. The summed E-state index contributed by atoms with van der Waals surface area (Å²) in [7, 11) is -0.341. The third-order valence-corrected chi connectivity index (χ3v) is 4.21. The Labute approximate surface area is 128 Å². The number of hydrogen-bond acceptors (Lipinski definition) is 3. The second-order valence-corrected chi connectivity index (χ2v) is 6.48. The van der Waals surface area contributed by atoms with Gasteiger partial charge in [0.05, 0.1) is 11.2 Å². The molecule has 0 amide bonds. The Balaban J connectivity index is 0.00000200. The van der Waals surface area contributed by atoms with Gasteiger partial charge in [0.15, 0.2) is 0 Å². The van der Waals surface area contributed by atoms with Gasteiger partial charge in [0.25, 0.3) is 0 Å². The minimum absolute atomic E-state index is 0. The first-order valence-electron chi connectivity index (χ1n) is 6.88. The molecule has 0 radical (unpaired) electrons. The molecule has 2 N–H and O–H groups in total. The molecular formula is C15H25BClNO2. The van der Waals surface area contributed by atoms with E-state index in [1.54, 1.807) is 0 Å². The molecular weight excluding hydrogens is 272 g/mol. The van der Waals surface area contributed by atoms with Gasteiger partial charge in [0.1, 0.15) is 0 Å². The Hall–Kier alpha value is -0.545. The third kappa shape index (κ3) is 3.56. The fraction of sp³-hybridized carbons (Fsp3) is 0.600. The molecule has 3 nitrogen and oxygen atoms in total. The van der Waals surface area contributed by atoms with Crippen LogP contribution in [0.4, 0.5) is 0 Å². The van der Waals surface area contributed by atoms with Crippen molar-refractivity contribution in [3.05, 3.63) is 35.4 Å². The first-order valence-corrected chi connectivity index (χ1v) is 6.88. The van der Waals surface area contributed by atoms with Crippen LogP contribution in [0, 0.1) is 6.92 Å². The maximum Gasteiger partial charge on any atom is 0.476 e. The fourth-order valence-electron chi connectivity index (χ4n) is 2.16. The molecule has 1 aromatic carbocycles. The highest BCUT2D eigenvalue weighted by atomic mass is 35.5. The lowest BCUT2D eigenvalue weighted by atomic mass is 9.75. The largest absolute Gasteiger partial charge is 0.476 e. The molecule has 5 heteroatoms. The van der Waals surface area contributed by atoms with Crippen LogP contribution in [0.2, 0.25) is 0 Å². The van der Waals surface area contributed by atoms with Crippen LogP contribution in [0.1, 0.15) is 38.8 Å². The zero-order chi connectivity index (χ0) is 14.3. The maximum absolute atomic E-state index is 6.24. The summed E-state index contributed by atoms with van der Waals surface area (Å²) >= 11 is 0. The molecule has 112 valence electrons. The molecule has 0 aliphatic carbocycles. The Morgan fingerprint density at radius 1 is 1.05 bits per heavy atom. The summed E-state index contributed by atoms with van der Waals surface area (Å²) in [4.78, 5) is 0. The summed E-state index contributed by atoms with van der Waals surface area (Å²) in [5.74, 6) is -0.149. The van der Waals surface area contributed by atoms with E-state index in [1.165, 1.54) is 11.1 Å². The molecule has 1 unspecified atom stereocenters. The normalized spacial score (nSPS) is 21.4. The van der Waals surface area contributed by atoms with Crippen LogP contribution in [0.5, 0.6) is 0 Å². The summed E-state index contributed by atoms with van der Waals surface area (Å²) < 4.78 is 11.9. The van der Waals surface area contributed by atoms with Crippen molar-refractivity contribution in [2.45, 2.75) is 58.2 Å². The van der Waals surface area contributed by atoms with Gasteiger partial charge in [-0.25, -0.2) is 0 Å². The summed E-state index contributed by atoms with van der Waals surface area (Å²) in [5, 5.41) is 0. The summed E-state index contributed by atoms with van der Waals surface area (Å²) in [6, 6.07) is 8.43. The number of aryl methyl sites for hydroxylation is 1. The van der Waals surface area contributed by atoms with Gasteiger partial charge < -0.3 is 15.0 Å². The van der Waals surface area contributed by atoms with Crippen molar-refractivity contribution in [3.8, 4) is 0 Å². The highest BCUT2D eigenvalue weighted by molar-refractivity contribution is 6.47. The van der Waals surface area contributed by atoms with Gasteiger partial charge in [0, 0.05) is 5.94 Å². The van der Waals surface area contributed by atoms with Crippen molar-refractivity contribution < 1.29 is 9.31 Å². The third-order valence-electron chi connectivity index (χ3n) is 4.21. The summed E-state index contributed by atoms with van der Waals surface area (Å²) in [6.07, 6.45) is 0.761. The standard InChI is InChI=1S/C15H24BNO2.ClH/c1-11-6-8-12(9-7-11)10-13(17)16-18-14(2,3)15(4,5)19-16;/h6-9,13H,10,17H2,1-5H3;1H. The summed E-state index contributed by atoms with van der Waals surface area (Å²) in [6.45, 7) is 10.3. The van der Waals surface area contributed by atoms with E-state index in [0.717, 1.165) is 6.42 Å². The smallest absolute Gasteiger partial charge is 0.402 e. The number of hydrogen-bond donors (Lipinski definition) is 1. The van der Waals surface area contributed by atoms with Crippen molar-refractivity contribution in [1.29, 1.82) is 0 Å². The number of halogens is 1. The van der Waals surface area contributed by atoms with Crippen molar-refractivity contribution in [3.63, 3.8) is 0 Å². The lowest BCUT2D eigenvalue weighted by Gasteiger charge is -2.32. The first-order chi connectivity index (χ1) is 8.71. The van der Waals surface area contributed by atoms with Crippen LogP contribution in [0.3, 0.4) is 0 Å². The Morgan fingerprint density at radius 2 is 1.50 bits per heavy atom. The fourth-order valence-corrected chi connectivity index (χ4v) is 2.16. The molecule has 1 aromatic rings. The van der Waals surface area contributed by atoms with Crippen molar-refractivity contribution >= 4 is 19.5 Å². The quantitative estimate of drug-likeness (QED) is 0.873. The van der Waals surface area contributed by atoms with Crippen LogP contribution in [0.25, 0.3) is 0 Å². The molecule has 20 heavy (non-hydrogen) atoms. The molecule has 1 saturated heterocycles. The predicted molar refractivity (Wildman–Crippen MR) is 86.2 cm³/mol. The molecule has 1 aliphatic rings. The highest BCUT2D eigenvalue weighted by Gasteiger charge is 2.52. The molecule has 0 saturated carbocycles. The molecule has 1 aliphatic heterocycles. The number of benzene rings is 1. The van der Waals surface area contributed by atoms with Crippen LogP contribution in [-0.2, 0) is 15.7 Å². The van der Waals surface area contributed by atoms with Crippen LogP contribution < -0.4 is 5.73 Å². The maximum atomic E-state index is 6.24. The lowest BCUT2D eigenvalue weighted by molar-refractivity contribution is 0.00578. The van der Waals surface area contributed by atoms with E-state index in [2.05, 4.69) is 31.2 Å². The van der Waals surface area contributed by atoms with E-state index >= 15 is 0 Å². The topological polar surface area (TPSA) is 44.5 Å². The van der Waals surface area contributed by atoms with Gasteiger partial charge in [-0.1, -0.05) is 29.8 Å². The molecule has 1 fully saturated rings.